The molecule has 0 radical (unpaired) electrons. The second-order valence-corrected chi connectivity index (χ2v) is 3.52. The van der Waals surface area contributed by atoms with Crippen LogP contribution in [0, 0.1) is 5.92 Å². The van der Waals surface area contributed by atoms with Crippen LogP contribution in [0.2, 0.25) is 0 Å². The van der Waals surface area contributed by atoms with Gasteiger partial charge in [0.05, 0.1) is 0 Å². The zero-order valence-corrected chi connectivity index (χ0v) is 6.81. The van der Waals surface area contributed by atoms with E-state index < -0.39 is 11.3 Å². The Hall–Kier alpha value is 0.0700. The molecule has 1 atom stereocenters. The largest absolute Gasteiger partial charge is 0.294 e. The molecule has 0 rings (SSSR count). The normalized spacial score (nSPS) is 14.9. The van der Waals surface area contributed by atoms with Crippen LogP contribution in [0.15, 0.2) is 0 Å². The minimum atomic E-state index is -1.80. The summed E-state index contributed by atoms with van der Waals surface area (Å²) in [4.78, 5) is 0. The average Bonchev–Trinajstić information content (AvgIpc) is 1.63. The summed E-state index contributed by atoms with van der Waals surface area (Å²) < 4.78 is 20.1. The first-order chi connectivity index (χ1) is 4.04. The Kier molecular flexibility index (Phi) is 4.01. The predicted molar refractivity (Wildman–Crippen MR) is 38.2 cm³/mol. The van der Waals surface area contributed by atoms with Crippen LogP contribution in [0.5, 0.6) is 0 Å². The van der Waals surface area contributed by atoms with Crippen molar-refractivity contribution in [2.75, 3.05) is 13.6 Å². The van der Waals surface area contributed by atoms with E-state index in [1.165, 1.54) is 4.31 Å². The summed E-state index contributed by atoms with van der Waals surface area (Å²) >= 11 is -1.80. The lowest BCUT2D eigenvalue weighted by molar-refractivity contribution is 0.404. The Bertz CT molecular complexity index is 105. The Labute approximate surface area is 58.5 Å². The highest BCUT2D eigenvalue weighted by molar-refractivity contribution is 7.76. The summed E-state index contributed by atoms with van der Waals surface area (Å²) in [6, 6.07) is 0. The summed E-state index contributed by atoms with van der Waals surface area (Å²) in [5.41, 5.74) is 0. The zero-order valence-electron chi connectivity index (χ0n) is 6.00. The van der Waals surface area contributed by atoms with Crippen molar-refractivity contribution in [2.24, 2.45) is 5.92 Å². The molecule has 0 aliphatic heterocycles. The first-order valence-electron chi connectivity index (χ1n) is 2.86. The SMILES string of the molecule is CC(C)CN(C)S(=O)O. The first-order valence-corrected chi connectivity index (χ1v) is 3.92. The lowest BCUT2D eigenvalue weighted by Crippen LogP contribution is -2.24. The van der Waals surface area contributed by atoms with E-state index in [0.717, 1.165) is 0 Å². The highest BCUT2D eigenvalue weighted by Crippen LogP contribution is 1.96. The lowest BCUT2D eigenvalue weighted by atomic mass is 10.2. The Morgan fingerprint density at radius 2 is 2.11 bits per heavy atom. The van der Waals surface area contributed by atoms with Crippen molar-refractivity contribution in [3.8, 4) is 0 Å². The summed E-state index contributed by atoms with van der Waals surface area (Å²) in [5.74, 6) is 0.436. The summed E-state index contributed by atoms with van der Waals surface area (Å²) in [6.07, 6.45) is 0. The van der Waals surface area contributed by atoms with Gasteiger partial charge in [-0.1, -0.05) is 13.8 Å². The van der Waals surface area contributed by atoms with Crippen molar-refractivity contribution >= 4 is 11.3 Å². The summed E-state index contributed by atoms with van der Waals surface area (Å²) in [7, 11) is 1.62. The molecule has 0 aliphatic carbocycles. The van der Waals surface area contributed by atoms with Gasteiger partial charge >= 0.3 is 0 Å². The molecule has 1 N–H and O–H groups in total. The molecule has 0 amide bonds. The average molecular weight is 151 g/mol. The van der Waals surface area contributed by atoms with E-state index in [-0.39, 0.29) is 0 Å². The third kappa shape index (κ3) is 4.57. The molecule has 0 heterocycles. The molecule has 56 valence electrons. The van der Waals surface area contributed by atoms with E-state index in [4.69, 9.17) is 4.55 Å². The van der Waals surface area contributed by atoms with Crippen LogP contribution in [0.4, 0.5) is 0 Å². The third-order valence-electron chi connectivity index (χ3n) is 0.889. The number of hydrogen-bond donors (Lipinski definition) is 1. The molecule has 0 fully saturated rings. The van der Waals surface area contributed by atoms with E-state index in [2.05, 4.69) is 0 Å². The molecule has 1 unspecified atom stereocenters. The molecular formula is C5H13NO2S. The minimum absolute atomic E-state index is 0.436. The van der Waals surface area contributed by atoms with E-state index in [0.29, 0.717) is 12.5 Å². The number of hydrogen-bond acceptors (Lipinski definition) is 1. The number of nitrogens with zero attached hydrogens (tertiary/aromatic N) is 1. The molecule has 0 spiro atoms. The van der Waals surface area contributed by atoms with Crippen molar-refractivity contribution in [3.63, 3.8) is 0 Å². The smallest absolute Gasteiger partial charge is 0.234 e. The van der Waals surface area contributed by atoms with Gasteiger partial charge in [0.15, 0.2) is 0 Å². The van der Waals surface area contributed by atoms with Gasteiger partial charge in [-0.05, 0) is 5.92 Å². The van der Waals surface area contributed by atoms with Gasteiger partial charge in [-0.3, -0.25) is 4.55 Å². The Morgan fingerprint density at radius 3 is 2.22 bits per heavy atom. The maximum atomic E-state index is 10.3. The molecule has 0 aromatic rings. The highest BCUT2D eigenvalue weighted by Gasteiger charge is 2.04. The monoisotopic (exact) mass is 151 g/mol. The maximum absolute atomic E-state index is 10.3. The van der Waals surface area contributed by atoms with Gasteiger partial charge in [0.25, 0.3) is 0 Å². The van der Waals surface area contributed by atoms with Crippen LogP contribution in [0.25, 0.3) is 0 Å². The fourth-order valence-electron chi connectivity index (χ4n) is 0.578. The number of rotatable bonds is 3. The molecule has 0 saturated heterocycles. The second kappa shape index (κ2) is 3.98. The van der Waals surface area contributed by atoms with Crippen LogP contribution in [-0.2, 0) is 11.3 Å². The summed E-state index contributed by atoms with van der Waals surface area (Å²) in [6.45, 7) is 4.66. The standard InChI is InChI=1S/C5H13NO2S/c1-5(2)4-6(3)9(7)8/h5H,4H2,1-3H3,(H,7,8). The van der Waals surface area contributed by atoms with Crippen molar-refractivity contribution in [1.29, 1.82) is 0 Å². The van der Waals surface area contributed by atoms with Crippen LogP contribution >= 0.6 is 0 Å². The fraction of sp³-hybridized carbons (Fsp3) is 1.00. The van der Waals surface area contributed by atoms with Crippen molar-refractivity contribution in [1.82, 2.24) is 4.31 Å². The van der Waals surface area contributed by atoms with E-state index >= 15 is 0 Å². The summed E-state index contributed by atoms with van der Waals surface area (Å²) in [5, 5.41) is 0. The van der Waals surface area contributed by atoms with Gasteiger partial charge in [0, 0.05) is 13.6 Å². The van der Waals surface area contributed by atoms with E-state index in [9.17, 15) is 4.21 Å². The molecule has 9 heavy (non-hydrogen) atoms. The highest BCUT2D eigenvalue weighted by atomic mass is 32.2. The van der Waals surface area contributed by atoms with E-state index in [1.54, 1.807) is 7.05 Å². The minimum Gasteiger partial charge on any atom is -0.294 e. The quantitative estimate of drug-likeness (QED) is 0.603. The zero-order chi connectivity index (χ0) is 7.44. The van der Waals surface area contributed by atoms with Crippen LogP contribution in [-0.4, -0.2) is 26.7 Å². The van der Waals surface area contributed by atoms with Gasteiger partial charge in [-0.25, -0.2) is 8.51 Å². The third-order valence-corrected chi connectivity index (χ3v) is 1.57. The molecule has 0 aromatic heterocycles. The fourth-order valence-corrected chi connectivity index (χ4v) is 1.00. The predicted octanol–water partition coefficient (Wildman–Crippen LogP) is 0.711. The Morgan fingerprint density at radius 1 is 1.67 bits per heavy atom. The second-order valence-electron chi connectivity index (χ2n) is 2.44. The molecule has 3 nitrogen and oxygen atoms in total. The van der Waals surface area contributed by atoms with Gasteiger partial charge < -0.3 is 0 Å². The van der Waals surface area contributed by atoms with Crippen molar-refractivity contribution in [2.45, 2.75) is 13.8 Å². The van der Waals surface area contributed by atoms with Gasteiger partial charge in [0.1, 0.15) is 0 Å². The molecule has 0 aliphatic rings. The lowest BCUT2D eigenvalue weighted by Gasteiger charge is -2.12. The maximum Gasteiger partial charge on any atom is 0.234 e. The molecule has 4 heteroatoms. The van der Waals surface area contributed by atoms with Crippen molar-refractivity contribution in [3.05, 3.63) is 0 Å². The van der Waals surface area contributed by atoms with E-state index in [1.807, 2.05) is 13.8 Å². The Balaban J connectivity index is 3.50. The molecule has 0 bridgehead atoms. The van der Waals surface area contributed by atoms with Crippen LogP contribution < -0.4 is 0 Å². The van der Waals surface area contributed by atoms with Gasteiger partial charge in [-0.15, -0.1) is 0 Å². The molecular weight excluding hydrogens is 138 g/mol. The first kappa shape index (κ1) is 9.07. The molecule has 0 saturated carbocycles. The topological polar surface area (TPSA) is 40.5 Å². The molecule has 0 aromatic carbocycles. The van der Waals surface area contributed by atoms with Crippen LogP contribution in [0.1, 0.15) is 13.8 Å². The van der Waals surface area contributed by atoms with Crippen molar-refractivity contribution < 1.29 is 8.76 Å². The van der Waals surface area contributed by atoms with Crippen LogP contribution in [0.3, 0.4) is 0 Å². The van der Waals surface area contributed by atoms with Gasteiger partial charge in [-0.2, -0.15) is 0 Å². The van der Waals surface area contributed by atoms with Gasteiger partial charge in [0.2, 0.25) is 11.3 Å².